The summed E-state index contributed by atoms with van der Waals surface area (Å²) >= 11 is 5.42. The number of nitrogens with one attached hydrogen (secondary N) is 2. The molecular weight excluding hydrogens is 268 g/mol. The van der Waals surface area contributed by atoms with Crippen LogP contribution in [-0.2, 0) is 0 Å². The van der Waals surface area contributed by atoms with E-state index in [1.165, 1.54) is 19.3 Å². The summed E-state index contributed by atoms with van der Waals surface area (Å²) < 4.78 is 5.21. The lowest BCUT2D eigenvalue weighted by molar-refractivity contribution is 0.225. The maximum Gasteiger partial charge on any atom is 0.171 e. The molecule has 1 aliphatic rings. The monoisotopic (exact) mass is 292 g/mol. The van der Waals surface area contributed by atoms with Gasteiger partial charge >= 0.3 is 0 Å². The Labute approximate surface area is 127 Å². The highest BCUT2D eigenvalue weighted by Crippen LogP contribution is 2.29. The van der Waals surface area contributed by atoms with E-state index in [1.54, 1.807) is 7.11 Å². The number of hydrogen-bond donors (Lipinski definition) is 2. The van der Waals surface area contributed by atoms with Gasteiger partial charge in [0, 0.05) is 17.8 Å². The van der Waals surface area contributed by atoms with E-state index in [2.05, 4.69) is 24.5 Å². The van der Waals surface area contributed by atoms with Crippen molar-refractivity contribution in [3.8, 4) is 5.75 Å². The SMILES string of the molecule is COc1cccc(NC(=S)N[C@@H]2CCC[C@@H](C)[C@@H]2C)c1. The van der Waals surface area contributed by atoms with Crippen LogP contribution in [-0.4, -0.2) is 18.3 Å². The van der Waals surface area contributed by atoms with Crippen molar-refractivity contribution in [2.24, 2.45) is 11.8 Å². The van der Waals surface area contributed by atoms with E-state index in [9.17, 15) is 0 Å². The first kappa shape index (κ1) is 15.1. The van der Waals surface area contributed by atoms with Crippen LogP contribution in [0.2, 0.25) is 0 Å². The normalized spacial score (nSPS) is 25.9. The number of anilines is 1. The van der Waals surface area contributed by atoms with Gasteiger partial charge in [-0.25, -0.2) is 0 Å². The molecule has 0 amide bonds. The van der Waals surface area contributed by atoms with Crippen LogP contribution in [0.25, 0.3) is 0 Å². The third-order valence-corrected chi connectivity index (χ3v) is 4.57. The Bertz CT molecular complexity index is 464. The molecule has 0 saturated heterocycles. The van der Waals surface area contributed by atoms with Gasteiger partial charge in [0.1, 0.15) is 5.75 Å². The molecule has 20 heavy (non-hydrogen) atoms. The molecule has 3 nitrogen and oxygen atoms in total. The second-order valence-electron chi connectivity index (χ2n) is 5.70. The van der Waals surface area contributed by atoms with Crippen LogP contribution in [0, 0.1) is 11.8 Å². The molecule has 3 atom stereocenters. The van der Waals surface area contributed by atoms with Crippen LogP contribution in [0.3, 0.4) is 0 Å². The van der Waals surface area contributed by atoms with Crippen LogP contribution in [0.5, 0.6) is 5.75 Å². The third-order valence-electron chi connectivity index (χ3n) is 4.35. The zero-order valence-electron chi connectivity index (χ0n) is 12.5. The molecule has 0 radical (unpaired) electrons. The number of methoxy groups -OCH3 is 1. The first-order valence-electron chi connectivity index (χ1n) is 7.31. The van der Waals surface area contributed by atoms with Crippen LogP contribution in [0.4, 0.5) is 5.69 Å². The molecule has 0 heterocycles. The van der Waals surface area contributed by atoms with Crippen molar-refractivity contribution >= 4 is 23.0 Å². The van der Waals surface area contributed by atoms with Gasteiger partial charge in [-0.1, -0.05) is 32.8 Å². The van der Waals surface area contributed by atoms with Crippen molar-refractivity contribution < 1.29 is 4.74 Å². The number of benzene rings is 1. The Morgan fingerprint density at radius 3 is 2.85 bits per heavy atom. The summed E-state index contributed by atoms with van der Waals surface area (Å²) in [5.41, 5.74) is 0.957. The van der Waals surface area contributed by atoms with Gasteiger partial charge < -0.3 is 15.4 Å². The van der Waals surface area contributed by atoms with E-state index in [0.29, 0.717) is 17.1 Å². The zero-order valence-corrected chi connectivity index (χ0v) is 13.3. The number of rotatable bonds is 3. The molecule has 1 saturated carbocycles. The topological polar surface area (TPSA) is 33.3 Å². The molecule has 1 fully saturated rings. The first-order chi connectivity index (χ1) is 9.60. The minimum absolute atomic E-state index is 0.476. The maximum atomic E-state index is 5.42. The molecule has 1 aromatic rings. The molecule has 110 valence electrons. The Balaban J connectivity index is 1.91. The predicted octanol–water partition coefficient (Wildman–Crippen LogP) is 3.81. The van der Waals surface area contributed by atoms with Gasteiger partial charge in [-0.3, -0.25) is 0 Å². The van der Waals surface area contributed by atoms with Crippen LogP contribution < -0.4 is 15.4 Å². The number of thiocarbonyl (C=S) groups is 1. The van der Waals surface area contributed by atoms with Gasteiger partial charge in [0.15, 0.2) is 5.11 Å². The average Bonchev–Trinajstić information content (AvgIpc) is 2.44. The highest BCUT2D eigenvalue weighted by molar-refractivity contribution is 7.80. The van der Waals surface area contributed by atoms with E-state index < -0.39 is 0 Å². The van der Waals surface area contributed by atoms with Crippen molar-refractivity contribution in [2.45, 2.75) is 39.2 Å². The Hall–Kier alpha value is -1.29. The van der Waals surface area contributed by atoms with E-state index in [1.807, 2.05) is 24.3 Å². The fourth-order valence-electron chi connectivity index (χ4n) is 2.82. The zero-order chi connectivity index (χ0) is 14.5. The predicted molar refractivity (Wildman–Crippen MR) is 88.3 cm³/mol. The lowest BCUT2D eigenvalue weighted by Crippen LogP contribution is -2.45. The van der Waals surface area contributed by atoms with E-state index in [4.69, 9.17) is 17.0 Å². The van der Waals surface area contributed by atoms with Gasteiger partial charge in [0.05, 0.1) is 7.11 Å². The summed E-state index contributed by atoms with van der Waals surface area (Å²) in [6.07, 6.45) is 3.81. The van der Waals surface area contributed by atoms with Gasteiger partial charge in [-0.15, -0.1) is 0 Å². The summed E-state index contributed by atoms with van der Waals surface area (Å²) in [5.74, 6) is 2.26. The summed E-state index contributed by atoms with van der Waals surface area (Å²) in [6, 6.07) is 8.29. The van der Waals surface area contributed by atoms with Crippen LogP contribution >= 0.6 is 12.2 Å². The quantitative estimate of drug-likeness (QED) is 0.830. The molecule has 1 aromatic carbocycles. The lowest BCUT2D eigenvalue weighted by Gasteiger charge is -2.35. The van der Waals surface area contributed by atoms with Crippen molar-refractivity contribution in [3.05, 3.63) is 24.3 Å². The van der Waals surface area contributed by atoms with Crippen molar-refractivity contribution in [1.29, 1.82) is 0 Å². The van der Waals surface area contributed by atoms with Crippen molar-refractivity contribution in [1.82, 2.24) is 5.32 Å². The van der Waals surface area contributed by atoms with E-state index in [-0.39, 0.29) is 0 Å². The van der Waals surface area contributed by atoms with Crippen molar-refractivity contribution in [2.75, 3.05) is 12.4 Å². The minimum atomic E-state index is 0.476. The average molecular weight is 292 g/mol. The van der Waals surface area contributed by atoms with E-state index in [0.717, 1.165) is 17.4 Å². The fraction of sp³-hybridized carbons (Fsp3) is 0.562. The highest BCUT2D eigenvalue weighted by atomic mass is 32.1. The second-order valence-corrected chi connectivity index (χ2v) is 6.11. The van der Waals surface area contributed by atoms with E-state index >= 15 is 0 Å². The molecular formula is C16H24N2OS. The Morgan fingerprint density at radius 1 is 1.30 bits per heavy atom. The number of ether oxygens (including phenoxy) is 1. The van der Waals surface area contributed by atoms with Gasteiger partial charge in [0.2, 0.25) is 0 Å². The smallest absolute Gasteiger partial charge is 0.171 e. The molecule has 0 aromatic heterocycles. The summed E-state index contributed by atoms with van der Waals surface area (Å²) in [6.45, 7) is 4.65. The number of hydrogen-bond acceptors (Lipinski definition) is 2. The Morgan fingerprint density at radius 2 is 2.10 bits per heavy atom. The Kier molecular flexibility index (Phi) is 5.24. The summed E-state index contributed by atoms with van der Waals surface area (Å²) in [5, 5.41) is 7.40. The molecule has 1 aliphatic carbocycles. The second kappa shape index (κ2) is 6.93. The molecule has 0 unspecified atom stereocenters. The molecule has 2 rings (SSSR count). The minimum Gasteiger partial charge on any atom is -0.497 e. The van der Waals surface area contributed by atoms with Gasteiger partial charge in [-0.2, -0.15) is 0 Å². The maximum absolute atomic E-state index is 5.42. The fourth-order valence-corrected chi connectivity index (χ4v) is 3.09. The van der Waals surface area contributed by atoms with Gasteiger partial charge in [-0.05, 0) is 42.6 Å². The molecule has 4 heteroatoms. The largest absolute Gasteiger partial charge is 0.497 e. The lowest BCUT2D eigenvalue weighted by atomic mass is 9.78. The summed E-state index contributed by atoms with van der Waals surface area (Å²) in [4.78, 5) is 0. The van der Waals surface area contributed by atoms with Crippen LogP contribution in [0.15, 0.2) is 24.3 Å². The first-order valence-corrected chi connectivity index (χ1v) is 7.72. The van der Waals surface area contributed by atoms with Crippen molar-refractivity contribution in [3.63, 3.8) is 0 Å². The molecule has 0 aliphatic heterocycles. The molecule has 2 N–H and O–H groups in total. The third kappa shape index (κ3) is 3.85. The molecule has 0 spiro atoms. The standard InChI is InChI=1S/C16H24N2OS/c1-11-6-4-9-15(12(11)2)18-16(20)17-13-7-5-8-14(10-13)19-3/h5,7-8,10-12,15H,4,6,9H2,1-3H3,(H2,17,18,20)/t11-,12+,15-/m1/s1. The highest BCUT2D eigenvalue weighted by Gasteiger charge is 2.27. The molecule has 0 bridgehead atoms. The van der Waals surface area contributed by atoms with Crippen LogP contribution in [0.1, 0.15) is 33.1 Å². The van der Waals surface area contributed by atoms with Gasteiger partial charge in [0.25, 0.3) is 0 Å². The summed E-state index contributed by atoms with van der Waals surface area (Å²) in [7, 11) is 1.67.